The van der Waals surface area contributed by atoms with Gasteiger partial charge in [0.25, 0.3) is 0 Å². The number of carbonyl (C=O) groups is 1. The Labute approximate surface area is 114 Å². The van der Waals surface area contributed by atoms with E-state index in [0.29, 0.717) is 11.6 Å². The highest BCUT2D eigenvalue weighted by atomic mass is 32.2. The van der Waals surface area contributed by atoms with Crippen LogP contribution in [-0.4, -0.2) is 24.5 Å². The third-order valence-corrected chi connectivity index (χ3v) is 4.03. The van der Waals surface area contributed by atoms with Gasteiger partial charge in [-0.15, -0.1) is 0 Å². The Morgan fingerprint density at radius 3 is 2.65 bits per heavy atom. The molecule has 2 aromatic rings. The van der Waals surface area contributed by atoms with E-state index < -0.39 is 26.7 Å². The SMILES string of the molecule is O=C(O)c1ccc(S(=O)(=O)NCc2cc[nH]c2)c(F)c1. The van der Waals surface area contributed by atoms with Crippen molar-refractivity contribution < 1.29 is 22.7 Å². The molecule has 0 amide bonds. The summed E-state index contributed by atoms with van der Waals surface area (Å²) in [7, 11) is -4.04. The average Bonchev–Trinajstić information content (AvgIpc) is 2.89. The van der Waals surface area contributed by atoms with Crippen LogP contribution in [0.2, 0.25) is 0 Å². The number of aromatic nitrogens is 1. The number of H-pyrrole nitrogens is 1. The molecule has 2 rings (SSSR count). The van der Waals surface area contributed by atoms with Crippen LogP contribution in [0.4, 0.5) is 4.39 Å². The highest BCUT2D eigenvalue weighted by Gasteiger charge is 2.20. The molecule has 20 heavy (non-hydrogen) atoms. The normalized spacial score (nSPS) is 11.4. The van der Waals surface area contributed by atoms with Gasteiger partial charge in [0.2, 0.25) is 10.0 Å². The zero-order valence-corrected chi connectivity index (χ0v) is 10.9. The monoisotopic (exact) mass is 298 g/mol. The van der Waals surface area contributed by atoms with E-state index in [1.54, 1.807) is 18.5 Å². The van der Waals surface area contributed by atoms with Crippen molar-refractivity contribution in [3.05, 3.63) is 53.6 Å². The minimum absolute atomic E-state index is 0.00591. The molecular weight excluding hydrogens is 287 g/mol. The fraction of sp³-hybridized carbons (Fsp3) is 0.0833. The summed E-state index contributed by atoms with van der Waals surface area (Å²) in [6.07, 6.45) is 3.23. The van der Waals surface area contributed by atoms with Gasteiger partial charge in [-0.1, -0.05) is 0 Å². The van der Waals surface area contributed by atoms with Gasteiger partial charge < -0.3 is 10.1 Å². The molecule has 8 heteroatoms. The number of halogens is 1. The van der Waals surface area contributed by atoms with Gasteiger partial charge in [-0.3, -0.25) is 0 Å². The maximum Gasteiger partial charge on any atom is 0.335 e. The van der Waals surface area contributed by atoms with E-state index in [4.69, 9.17) is 5.11 Å². The second-order valence-electron chi connectivity index (χ2n) is 3.99. The molecular formula is C12H11FN2O4S. The first kappa shape index (κ1) is 14.2. The van der Waals surface area contributed by atoms with Crippen molar-refractivity contribution in [1.29, 1.82) is 0 Å². The van der Waals surface area contributed by atoms with Crippen molar-refractivity contribution in [2.45, 2.75) is 11.4 Å². The average molecular weight is 298 g/mol. The number of aromatic amines is 1. The summed E-state index contributed by atoms with van der Waals surface area (Å²) in [5.74, 6) is -2.43. The summed E-state index contributed by atoms with van der Waals surface area (Å²) in [6.45, 7) is 0.00591. The fourth-order valence-corrected chi connectivity index (χ4v) is 2.65. The predicted molar refractivity (Wildman–Crippen MR) is 68.2 cm³/mol. The maximum atomic E-state index is 13.7. The minimum Gasteiger partial charge on any atom is -0.478 e. The van der Waals surface area contributed by atoms with Gasteiger partial charge in [0.05, 0.1) is 5.56 Å². The highest BCUT2D eigenvalue weighted by molar-refractivity contribution is 7.89. The van der Waals surface area contributed by atoms with Crippen LogP contribution in [0.1, 0.15) is 15.9 Å². The van der Waals surface area contributed by atoms with Crippen LogP contribution in [0.25, 0.3) is 0 Å². The number of carboxylic acids is 1. The largest absolute Gasteiger partial charge is 0.478 e. The van der Waals surface area contributed by atoms with E-state index >= 15 is 0 Å². The van der Waals surface area contributed by atoms with Gasteiger partial charge in [-0.2, -0.15) is 0 Å². The van der Waals surface area contributed by atoms with Crippen LogP contribution in [0.15, 0.2) is 41.6 Å². The predicted octanol–water partition coefficient (Wildman–Crippen LogP) is 1.33. The van der Waals surface area contributed by atoms with Crippen LogP contribution in [0, 0.1) is 5.82 Å². The molecule has 0 radical (unpaired) electrons. The van der Waals surface area contributed by atoms with Gasteiger partial charge >= 0.3 is 5.97 Å². The molecule has 0 saturated heterocycles. The number of hydrogen-bond donors (Lipinski definition) is 3. The van der Waals surface area contributed by atoms with Gasteiger partial charge in [0.15, 0.2) is 0 Å². The Hall–Kier alpha value is -2.19. The van der Waals surface area contributed by atoms with Crippen LogP contribution >= 0.6 is 0 Å². The Bertz CT molecular complexity index is 726. The molecule has 0 atom stereocenters. The number of sulfonamides is 1. The Kier molecular flexibility index (Phi) is 3.86. The summed E-state index contributed by atoms with van der Waals surface area (Å²) in [5, 5.41) is 8.70. The molecule has 1 heterocycles. The summed E-state index contributed by atoms with van der Waals surface area (Å²) in [5.41, 5.74) is 0.378. The Morgan fingerprint density at radius 2 is 2.10 bits per heavy atom. The second kappa shape index (κ2) is 5.43. The fourth-order valence-electron chi connectivity index (χ4n) is 1.58. The molecule has 1 aromatic carbocycles. The summed E-state index contributed by atoms with van der Waals surface area (Å²) < 4.78 is 39.8. The minimum atomic E-state index is -4.04. The van der Waals surface area contributed by atoms with Crippen molar-refractivity contribution in [2.24, 2.45) is 0 Å². The zero-order chi connectivity index (χ0) is 14.8. The van der Waals surface area contributed by atoms with Crippen LogP contribution in [0.3, 0.4) is 0 Å². The first-order valence-electron chi connectivity index (χ1n) is 5.54. The smallest absolute Gasteiger partial charge is 0.335 e. The van der Waals surface area contributed by atoms with Crippen molar-refractivity contribution in [3.8, 4) is 0 Å². The zero-order valence-electron chi connectivity index (χ0n) is 10.1. The molecule has 0 spiro atoms. The lowest BCUT2D eigenvalue weighted by molar-refractivity contribution is 0.0696. The number of aromatic carboxylic acids is 1. The number of carboxylic acid groups (broad SMARTS) is 1. The Morgan fingerprint density at radius 1 is 1.35 bits per heavy atom. The van der Waals surface area contributed by atoms with E-state index in [0.717, 1.165) is 12.1 Å². The van der Waals surface area contributed by atoms with E-state index in [-0.39, 0.29) is 12.1 Å². The van der Waals surface area contributed by atoms with Crippen LogP contribution in [-0.2, 0) is 16.6 Å². The molecule has 3 N–H and O–H groups in total. The lowest BCUT2D eigenvalue weighted by atomic mass is 10.2. The highest BCUT2D eigenvalue weighted by Crippen LogP contribution is 2.16. The number of rotatable bonds is 5. The van der Waals surface area contributed by atoms with Crippen molar-refractivity contribution in [3.63, 3.8) is 0 Å². The van der Waals surface area contributed by atoms with Crippen LogP contribution in [0.5, 0.6) is 0 Å². The van der Waals surface area contributed by atoms with Crippen molar-refractivity contribution in [2.75, 3.05) is 0 Å². The number of benzene rings is 1. The molecule has 106 valence electrons. The lowest BCUT2D eigenvalue weighted by Crippen LogP contribution is -2.24. The van der Waals surface area contributed by atoms with Gasteiger partial charge in [-0.05, 0) is 29.8 Å². The molecule has 0 saturated carbocycles. The van der Waals surface area contributed by atoms with Gasteiger partial charge in [-0.25, -0.2) is 22.3 Å². The van der Waals surface area contributed by atoms with Crippen molar-refractivity contribution >= 4 is 16.0 Å². The lowest BCUT2D eigenvalue weighted by Gasteiger charge is -2.07. The van der Waals surface area contributed by atoms with Crippen LogP contribution < -0.4 is 4.72 Å². The third kappa shape index (κ3) is 3.03. The second-order valence-corrected chi connectivity index (χ2v) is 5.73. The number of hydrogen-bond acceptors (Lipinski definition) is 3. The van der Waals surface area contributed by atoms with E-state index in [9.17, 15) is 17.6 Å². The van der Waals surface area contributed by atoms with E-state index in [2.05, 4.69) is 9.71 Å². The summed E-state index contributed by atoms with van der Waals surface area (Å²) >= 11 is 0. The molecule has 0 bridgehead atoms. The van der Waals surface area contributed by atoms with E-state index in [1.807, 2.05) is 0 Å². The first-order valence-corrected chi connectivity index (χ1v) is 7.02. The summed E-state index contributed by atoms with van der Waals surface area (Å²) in [4.78, 5) is 12.8. The standard InChI is InChI=1S/C12H11FN2O4S/c13-10-5-9(12(16)17)1-2-11(10)20(18,19)15-7-8-3-4-14-6-8/h1-6,14-15H,7H2,(H,16,17). The summed E-state index contributed by atoms with van der Waals surface area (Å²) in [6, 6.07) is 4.31. The molecule has 1 aromatic heterocycles. The Balaban J connectivity index is 2.23. The molecule has 0 aliphatic rings. The van der Waals surface area contributed by atoms with Gasteiger partial charge in [0, 0.05) is 18.9 Å². The maximum absolute atomic E-state index is 13.7. The van der Waals surface area contributed by atoms with E-state index in [1.165, 1.54) is 0 Å². The molecule has 0 unspecified atom stereocenters. The quantitative estimate of drug-likeness (QED) is 0.775. The van der Waals surface area contributed by atoms with Gasteiger partial charge in [0.1, 0.15) is 10.7 Å². The molecule has 0 aliphatic carbocycles. The number of nitrogens with one attached hydrogen (secondary N) is 2. The van der Waals surface area contributed by atoms with Crippen molar-refractivity contribution in [1.82, 2.24) is 9.71 Å². The molecule has 0 aliphatic heterocycles. The topological polar surface area (TPSA) is 99.3 Å². The first-order chi connectivity index (χ1) is 9.40. The third-order valence-electron chi connectivity index (χ3n) is 2.60. The molecule has 0 fully saturated rings. The molecule has 6 nitrogen and oxygen atoms in total.